The molecule has 2 rings (SSSR count). The highest BCUT2D eigenvalue weighted by atomic mass is 16.5. The molecule has 0 spiro atoms. The standard InChI is InChI=1S/C14H14N2O2/c17-14(10-9-12-6-2-1-3-7-12)15-13-8-4-5-11-16(13)18/h1-8,11,18H,9-10H2. The maximum atomic E-state index is 11.6. The predicted octanol–water partition coefficient (Wildman–Crippen LogP) is 1.79. The third-order valence-electron chi connectivity index (χ3n) is 2.53. The molecule has 0 radical (unpaired) electrons. The summed E-state index contributed by atoms with van der Waals surface area (Å²) in [5.41, 5.74) is 1.35. The van der Waals surface area contributed by atoms with Gasteiger partial charge in [-0.2, -0.15) is 9.72 Å². The van der Waals surface area contributed by atoms with Crippen molar-refractivity contribution in [1.82, 2.24) is 4.73 Å². The first-order chi connectivity index (χ1) is 8.75. The number of rotatable bonds is 3. The molecule has 1 heterocycles. The second kappa shape index (κ2) is 5.82. The van der Waals surface area contributed by atoms with Gasteiger partial charge < -0.3 is 5.21 Å². The van der Waals surface area contributed by atoms with Crippen LogP contribution in [0.3, 0.4) is 0 Å². The Morgan fingerprint density at radius 2 is 1.83 bits per heavy atom. The van der Waals surface area contributed by atoms with Crippen molar-refractivity contribution in [2.75, 3.05) is 0 Å². The lowest BCUT2D eigenvalue weighted by molar-refractivity contribution is -0.118. The summed E-state index contributed by atoms with van der Waals surface area (Å²) >= 11 is 0. The van der Waals surface area contributed by atoms with Crippen LogP contribution < -0.4 is 5.49 Å². The number of aromatic nitrogens is 1. The lowest BCUT2D eigenvalue weighted by Crippen LogP contribution is -2.19. The number of aryl methyl sites for hydroxylation is 1. The van der Waals surface area contributed by atoms with E-state index in [1.165, 1.54) is 6.20 Å². The van der Waals surface area contributed by atoms with E-state index < -0.39 is 0 Å². The fourth-order valence-corrected chi connectivity index (χ4v) is 1.59. The van der Waals surface area contributed by atoms with Crippen LogP contribution in [0, 0.1) is 0 Å². The van der Waals surface area contributed by atoms with Gasteiger partial charge in [0.25, 0.3) is 0 Å². The highest BCUT2D eigenvalue weighted by molar-refractivity contribution is 5.77. The van der Waals surface area contributed by atoms with E-state index in [0.717, 1.165) is 10.3 Å². The van der Waals surface area contributed by atoms with Crippen LogP contribution in [0.2, 0.25) is 0 Å². The van der Waals surface area contributed by atoms with Gasteiger partial charge in [0.1, 0.15) is 0 Å². The van der Waals surface area contributed by atoms with Crippen molar-refractivity contribution in [3.8, 4) is 0 Å². The van der Waals surface area contributed by atoms with E-state index in [4.69, 9.17) is 0 Å². The molecule has 0 saturated heterocycles. The molecular weight excluding hydrogens is 228 g/mol. The van der Waals surface area contributed by atoms with Crippen LogP contribution >= 0.6 is 0 Å². The molecule has 0 atom stereocenters. The summed E-state index contributed by atoms with van der Waals surface area (Å²) in [6, 6.07) is 14.7. The van der Waals surface area contributed by atoms with Crippen LogP contribution in [0.15, 0.2) is 59.7 Å². The van der Waals surface area contributed by atoms with Crippen LogP contribution in [-0.4, -0.2) is 15.8 Å². The SMILES string of the molecule is O=C(CCc1ccccc1)N=c1ccccn1O. The van der Waals surface area contributed by atoms with Gasteiger partial charge in [-0.25, -0.2) is 0 Å². The average molecular weight is 242 g/mol. The predicted molar refractivity (Wildman–Crippen MR) is 66.9 cm³/mol. The molecule has 0 fully saturated rings. The molecule has 1 aromatic heterocycles. The Morgan fingerprint density at radius 3 is 2.56 bits per heavy atom. The summed E-state index contributed by atoms with van der Waals surface area (Å²) in [7, 11) is 0. The third-order valence-corrected chi connectivity index (χ3v) is 2.53. The van der Waals surface area contributed by atoms with E-state index in [-0.39, 0.29) is 11.4 Å². The topological polar surface area (TPSA) is 54.6 Å². The van der Waals surface area contributed by atoms with Crippen LogP contribution in [0.1, 0.15) is 12.0 Å². The number of pyridine rings is 1. The number of hydrogen-bond donors (Lipinski definition) is 1. The van der Waals surface area contributed by atoms with Gasteiger partial charge in [0.15, 0.2) is 5.49 Å². The number of carbonyl (C=O) groups excluding carboxylic acids is 1. The Labute approximate surface area is 105 Å². The van der Waals surface area contributed by atoms with Gasteiger partial charge in [-0.1, -0.05) is 36.4 Å². The van der Waals surface area contributed by atoms with Crippen LogP contribution in [-0.2, 0) is 11.2 Å². The summed E-state index contributed by atoms with van der Waals surface area (Å²) in [6.45, 7) is 0. The van der Waals surface area contributed by atoms with Gasteiger partial charge >= 0.3 is 0 Å². The van der Waals surface area contributed by atoms with E-state index in [1.807, 2.05) is 30.3 Å². The van der Waals surface area contributed by atoms with Gasteiger partial charge in [-0.15, -0.1) is 0 Å². The first-order valence-corrected chi connectivity index (χ1v) is 5.74. The normalized spacial score (nSPS) is 11.4. The second-order valence-corrected chi connectivity index (χ2v) is 3.89. The number of hydrogen-bond acceptors (Lipinski definition) is 2. The molecule has 0 aliphatic heterocycles. The second-order valence-electron chi connectivity index (χ2n) is 3.89. The molecule has 0 saturated carbocycles. The molecule has 2 aromatic rings. The lowest BCUT2D eigenvalue weighted by atomic mass is 10.1. The van der Waals surface area contributed by atoms with E-state index in [9.17, 15) is 10.0 Å². The Bertz CT molecular complexity index is 588. The van der Waals surface area contributed by atoms with Crippen LogP contribution in [0.5, 0.6) is 0 Å². The molecule has 1 N–H and O–H groups in total. The monoisotopic (exact) mass is 242 g/mol. The summed E-state index contributed by atoms with van der Waals surface area (Å²) < 4.78 is 0.834. The zero-order valence-corrected chi connectivity index (χ0v) is 9.86. The average Bonchev–Trinajstić information content (AvgIpc) is 2.40. The zero-order chi connectivity index (χ0) is 12.8. The van der Waals surface area contributed by atoms with Gasteiger partial charge in [-0.05, 0) is 24.1 Å². The van der Waals surface area contributed by atoms with E-state index in [2.05, 4.69) is 4.99 Å². The highest BCUT2D eigenvalue weighted by Crippen LogP contribution is 2.02. The minimum absolute atomic E-state index is 0.243. The molecule has 0 bridgehead atoms. The number of carbonyl (C=O) groups is 1. The molecule has 18 heavy (non-hydrogen) atoms. The van der Waals surface area contributed by atoms with Crippen LogP contribution in [0.4, 0.5) is 0 Å². The van der Waals surface area contributed by atoms with Crippen LogP contribution in [0.25, 0.3) is 0 Å². The third kappa shape index (κ3) is 3.31. The molecule has 0 unspecified atom stereocenters. The van der Waals surface area contributed by atoms with Crippen molar-refractivity contribution in [1.29, 1.82) is 0 Å². The maximum absolute atomic E-state index is 11.6. The van der Waals surface area contributed by atoms with E-state index in [0.29, 0.717) is 12.8 Å². The zero-order valence-electron chi connectivity index (χ0n) is 9.86. The van der Waals surface area contributed by atoms with Crippen molar-refractivity contribution < 1.29 is 10.0 Å². The van der Waals surface area contributed by atoms with Crippen molar-refractivity contribution in [3.63, 3.8) is 0 Å². The summed E-state index contributed by atoms with van der Waals surface area (Å²) in [4.78, 5) is 15.5. The first-order valence-electron chi connectivity index (χ1n) is 5.74. The van der Waals surface area contributed by atoms with E-state index in [1.54, 1.807) is 18.2 Å². The minimum Gasteiger partial charge on any atom is -0.427 e. The summed E-state index contributed by atoms with van der Waals surface area (Å²) in [6.07, 6.45) is 2.42. The number of benzene rings is 1. The van der Waals surface area contributed by atoms with Crippen molar-refractivity contribution >= 4 is 5.91 Å². The molecule has 1 aromatic carbocycles. The van der Waals surface area contributed by atoms with Gasteiger partial charge in [0.2, 0.25) is 5.91 Å². The Hall–Kier alpha value is -2.36. The van der Waals surface area contributed by atoms with Crippen molar-refractivity contribution in [2.24, 2.45) is 4.99 Å². The molecule has 92 valence electrons. The quantitative estimate of drug-likeness (QED) is 0.834. The molecule has 1 amide bonds. The van der Waals surface area contributed by atoms with Crippen molar-refractivity contribution in [3.05, 3.63) is 65.8 Å². The molecule has 0 aliphatic carbocycles. The number of nitrogens with zero attached hydrogens (tertiary/aromatic N) is 2. The largest absolute Gasteiger partial charge is 0.427 e. The maximum Gasteiger partial charge on any atom is 0.248 e. The van der Waals surface area contributed by atoms with Gasteiger partial charge in [-0.3, -0.25) is 4.79 Å². The van der Waals surface area contributed by atoms with Gasteiger partial charge in [0, 0.05) is 12.6 Å². The van der Waals surface area contributed by atoms with Gasteiger partial charge in [0.05, 0.1) is 0 Å². The van der Waals surface area contributed by atoms with E-state index >= 15 is 0 Å². The molecule has 4 heteroatoms. The van der Waals surface area contributed by atoms with Crippen molar-refractivity contribution in [2.45, 2.75) is 12.8 Å². The highest BCUT2D eigenvalue weighted by Gasteiger charge is 2.00. The fraction of sp³-hybridized carbons (Fsp3) is 0.143. The first kappa shape index (κ1) is 12.1. The Morgan fingerprint density at radius 1 is 1.11 bits per heavy atom. The molecule has 0 aliphatic rings. The summed E-state index contributed by atoms with van der Waals surface area (Å²) in [5, 5.41) is 9.42. The Balaban J connectivity index is 2.02. The Kier molecular flexibility index (Phi) is 3.91. The smallest absolute Gasteiger partial charge is 0.248 e. The number of amides is 1. The molecular formula is C14H14N2O2. The molecule has 4 nitrogen and oxygen atoms in total. The minimum atomic E-state index is -0.243. The summed E-state index contributed by atoms with van der Waals surface area (Å²) in [5.74, 6) is -0.243. The fourth-order valence-electron chi connectivity index (χ4n) is 1.59. The lowest BCUT2D eigenvalue weighted by Gasteiger charge is -1.99.